The minimum Gasteiger partial charge on any atom is -0.481 e. The monoisotopic (exact) mass is 565 g/mol. The number of fused-ring (bicyclic) bond motifs is 1. The summed E-state index contributed by atoms with van der Waals surface area (Å²) in [5.74, 6) is 0.235. The molecule has 218 valence electrons. The van der Waals surface area contributed by atoms with Crippen molar-refractivity contribution in [1.82, 2.24) is 10.2 Å². The Morgan fingerprint density at radius 2 is 1.62 bits per heavy atom. The van der Waals surface area contributed by atoms with E-state index in [-0.39, 0.29) is 12.5 Å². The number of aliphatic carboxylic acids is 1. The lowest BCUT2D eigenvalue weighted by atomic mass is 9.83. The fourth-order valence-electron chi connectivity index (χ4n) is 6.22. The highest BCUT2D eigenvalue weighted by molar-refractivity contribution is 5.94. The summed E-state index contributed by atoms with van der Waals surface area (Å²) >= 11 is 0. The Labute approximate surface area is 248 Å². The number of nitrogens with zero attached hydrogens (tertiary/aromatic N) is 2. The number of benzene rings is 3. The van der Waals surface area contributed by atoms with E-state index in [9.17, 15) is 14.7 Å². The molecule has 1 heterocycles. The van der Waals surface area contributed by atoms with Crippen LogP contribution < -0.4 is 10.1 Å². The molecule has 2 N–H and O–H groups in total. The van der Waals surface area contributed by atoms with E-state index in [2.05, 4.69) is 28.4 Å². The Hall–Kier alpha value is -4.15. The highest BCUT2D eigenvalue weighted by Crippen LogP contribution is 2.40. The second kappa shape index (κ2) is 14.2. The zero-order valence-electron chi connectivity index (χ0n) is 24.1. The smallest absolute Gasteiger partial charge is 0.341 e. The lowest BCUT2D eigenvalue weighted by Crippen LogP contribution is -2.34. The normalized spacial score (nSPS) is 15.4. The van der Waals surface area contributed by atoms with Crippen LogP contribution in [0.2, 0.25) is 0 Å². The summed E-state index contributed by atoms with van der Waals surface area (Å²) in [6, 6.07) is 21.5. The Bertz CT molecular complexity index is 1420. The van der Waals surface area contributed by atoms with E-state index in [1.165, 1.54) is 23.1 Å². The first kappa shape index (κ1) is 29.3. The maximum Gasteiger partial charge on any atom is 0.341 e. The molecule has 1 amide bonds. The maximum absolute atomic E-state index is 12.6. The molecule has 3 aromatic rings. The number of likely N-dealkylation sites (tertiary alicyclic amines) is 1. The molecule has 0 aromatic heterocycles. The van der Waals surface area contributed by atoms with Crippen LogP contribution in [-0.2, 0) is 17.6 Å². The van der Waals surface area contributed by atoms with Gasteiger partial charge in [0.25, 0.3) is 5.91 Å². The zero-order valence-corrected chi connectivity index (χ0v) is 24.1. The number of rotatable bonds is 11. The van der Waals surface area contributed by atoms with Gasteiger partial charge in [0.15, 0.2) is 6.61 Å². The summed E-state index contributed by atoms with van der Waals surface area (Å²) < 4.78 is 5.90. The number of carboxylic acid groups (broad SMARTS) is 1. The van der Waals surface area contributed by atoms with Gasteiger partial charge in [-0.25, -0.2) is 4.79 Å². The SMILES string of the molecule is N#Cc1ccc(-c2ccc(C(=O)NCCCCN3CCC(c4ccc5c(c4OCC(=O)O)CCCC5)CC3)cc2)cc1. The number of ether oxygens (including phenoxy) is 1. The summed E-state index contributed by atoms with van der Waals surface area (Å²) in [6.45, 7) is 3.39. The molecule has 5 rings (SSSR count). The van der Waals surface area contributed by atoms with Crippen molar-refractivity contribution in [1.29, 1.82) is 5.26 Å². The average Bonchev–Trinajstić information content (AvgIpc) is 3.03. The first-order valence-electron chi connectivity index (χ1n) is 15.1. The molecule has 2 aliphatic rings. The van der Waals surface area contributed by atoms with Crippen molar-refractivity contribution in [3.05, 3.63) is 88.5 Å². The van der Waals surface area contributed by atoms with E-state index in [0.717, 1.165) is 81.5 Å². The number of nitrogens with one attached hydrogen (secondary N) is 1. The standard InChI is InChI=1S/C35H39N3O4/c36-23-25-7-9-26(10-8-25)27-11-13-30(14-12-27)35(41)37-19-3-4-20-38-21-17-29(18-22-38)32-16-15-28-5-1-2-6-31(28)34(32)42-24-33(39)40/h7-16,29H,1-6,17-22,24H2,(H,37,41)(H,39,40). The van der Waals surface area contributed by atoms with Gasteiger partial charge in [-0.2, -0.15) is 5.26 Å². The molecular formula is C35H39N3O4. The van der Waals surface area contributed by atoms with Crippen LogP contribution in [0.1, 0.15) is 77.1 Å². The largest absolute Gasteiger partial charge is 0.481 e. The number of amides is 1. The van der Waals surface area contributed by atoms with Gasteiger partial charge >= 0.3 is 5.97 Å². The van der Waals surface area contributed by atoms with Crippen LogP contribution in [0.15, 0.2) is 60.7 Å². The van der Waals surface area contributed by atoms with Crippen LogP contribution in [0.4, 0.5) is 0 Å². The van der Waals surface area contributed by atoms with Crippen molar-refractivity contribution >= 4 is 11.9 Å². The molecular weight excluding hydrogens is 526 g/mol. The molecule has 0 bridgehead atoms. The number of hydrogen-bond acceptors (Lipinski definition) is 5. The van der Waals surface area contributed by atoms with Crippen molar-refractivity contribution in [2.75, 3.05) is 32.8 Å². The van der Waals surface area contributed by atoms with Gasteiger partial charge in [-0.1, -0.05) is 36.4 Å². The summed E-state index contributed by atoms with van der Waals surface area (Å²) in [5, 5.41) is 21.2. The molecule has 1 aliphatic carbocycles. The van der Waals surface area contributed by atoms with Gasteiger partial charge in [0.1, 0.15) is 5.75 Å². The van der Waals surface area contributed by atoms with Crippen molar-refractivity contribution in [3.63, 3.8) is 0 Å². The van der Waals surface area contributed by atoms with Crippen LogP contribution in [0.3, 0.4) is 0 Å². The molecule has 0 spiro atoms. The Morgan fingerprint density at radius 3 is 2.31 bits per heavy atom. The van der Waals surface area contributed by atoms with Crippen LogP contribution in [0.5, 0.6) is 5.75 Å². The number of carbonyl (C=O) groups excluding carboxylic acids is 1. The lowest BCUT2D eigenvalue weighted by molar-refractivity contribution is -0.139. The molecule has 0 saturated carbocycles. The van der Waals surface area contributed by atoms with Gasteiger partial charge in [-0.15, -0.1) is 0 Å². The number of unbranched alkanes of at least 4 members (excludes halogenated alkanes) is 1. The summed E-state index contributed by atoms with van der Waals surface area (Å²) in [5.41, 5.74) is 7.02. The van der Waals surface area contributed by atoms with Gasteiger partial charge in [0.05, 0.1) is 11.6 Å². The molecule has 7 nitrogen and oxygen atoms in total. The van der Waals surface area contributed by atoms with Crippen LogP contribution in [-0.4, -0.2) is 54.7 Å². The van der Waals surface area contributed by atoms with E-state index >= 15 is 0 Å². The van der Waals surface area contributed by atoms with Gasteiger partial charge in [0, 0.05) is 12.1 Å². The second-order valence-electron chi connectivity index (χ2n) is 11.4. The van der Waals surface area contributed by atoms with Gasteiger partial charge in [0.2, 0.25) is 0 Å². The van der Waals surface area contributed by atoms with Crippen molar-refractivity contribution in [2.45, 2.75) is 57.3 Å². The van der Waals surface area contributed by atoms with Gasteiger partial charge in [-0.05, 0) is 129 Å². The van der Waals surface area contributed by atoms with Gasteiger partial charge in [-0.3, -0.25) is 4.79 Å². The highest BCUT2D eigenvalue weighted by Gasteiger charge is 2.26. The number of hydrogen-bond donors (Lipinski definition) is 2. The number of aryl methyl sites for hydroxylation is 1. The quantitative estimate of drug-likeness (QED) is 0.278. The summed E-state index contributed by atoms with van der Waals surface area (Å²) in [4.78, 5) is 26.4. The molecule has 1 saturated heterocycles. The third-order valence-electron chi connectivity index (χ3n) is 8.56. The molecule has 0 atom stereocenters. The third kappa shape index (κ3) is 7.37. The van der Waals surface area contributed by atoms with Crippen LogP contribution in [0.25, 0.3) is 11.1 Å². The van der Waals surface area contributed by atoms with Crippen molar-refractivity contribution in [2.24, 2.45) is 0 Å². The molecule has 1 fully saturated rings. The van der Waals surface area contributed by atoms with Crippen LogP contribution >= 0.6 is 0 Å². The second-order valence-corrected chi connectivity index (χ2v) is 11.4. The number of carboxylic acids is 1. The van der Waals surface area contributed by atoms with Crippen LogP contribution in [0, 0.1) is 11.3 Å². The highest BCUT2D eigenvalue weighted by atomic mass is 16.5. The van der Waals surface area contributed by atoms with E-state index < -0.39 is 5.97 Å². The van der Waals surface area contributed by atoms with E-state index in [1.807, 2.05) is 36.4 Å². The minimum absolute atomic E-state index is 0.0619. The summed E-state index contributed by atoms with van der Waals surface area (Å²) in [7, 11) is 0. The maximum atomic E-state index is 12.6. The number of nitriles is 1. The topological polar surface area (TPSA) is 103 Å². The Kier molecular flexibility index (Phi) is 9.89. The first-order valence-corrected chi connectivity index (χ1v) is 15.1. The average molecular weight is 566 g/mol. The van der Waals surface area contributed by atoms with E-state index in [4.69, 9.17) is 10.00 Å². The Morgan fingerprint density at radius 1 is 0.929 bits per heavy atom. The molecule has 0 unspecified atom stereocenters. The fourth-order valence-corrected chi connectivity index (χ4v) is 6.22. The third-order valence-corrected chi connectivity index (χ3v) is 8.56. The van der Waals surface area contributed by atoms with E-state index in [0.29, 0.717) is 23.6 Å². The Balaban J connectivity index is 1.04. The number of piperidine rings is 1. The molecule has 42 heavy (non-hydrogen) atoms. The lowest BCUT2D eigenvalue weighted by Gasteiger charge is -2.34. The minimum atomic E-state index is -0.932. The summed E-state index contributed by atoms with van der Waals surface area (Å²) in [6.07, 6.45) is 8.35. The molecule has 1 aliphatic heterocycles. The first-order chi connectivity index (χ1) is 20.5. The zero-order chi connectivity index (χ0) is 29.3. The number of carbonyl (C=O) groups is 2. The molecule has 3 aromatic carbocycles. The molecule has 0 radical (unpaired) electrons. The fraction of sp³-hybridized carbons (Fsp3) is 0.400. The van der Waals surface area contributed by atoms with E-state index in [1.54, 1.807) is 12.1 Å². The predicted octanol–water partition coefficient (Wildman–Crippen LogP) is 5.96. The van der Waals surface area contributed by atoms with Crippen molar-refractivity contribution < 1.29 is 19.4 Å². The predicted molar refractivity (Wildman–Crippen MR) is 163 cm³/mol. The van der Waals surface area contributed by atoms with Gasteiger partial charge < -0.3 is 20.1 Å². The van der Waals surface area contributed by atoms with Crippen molar-refractivity contribution in [3.8, 4) is 22.9 Å². The molecule has 7 heteroatoms.